The van der Waals surface area contributed by atoms with Gasteiger partial charge in [-0.15, -0.1) is 0 Å². The molecule has 1 saturated heterocycles. The van der Waals surface area contributed by atoms with E-state index in [0.717, 1.165) is 30.5 Å². The highest BCUT2D eigenvalue weighted by molar-refractivity contribution is 6.31. The lowest BCUT2D eigenvalue weighted by molar-refractivity contribution is 0.404. The molecule has 0 bridgehead atoms. The van der Waals surface area contributed by atoms with Crippen molar-refractivity contribution in [3.63, 3.8) is 0 Å². The van der Waals surface area contributed by atoms with Gasteiger partial charge in [0.25, 0.3) is 0 Å². The van der Waals surface area contributed by atoms with Crippen molar-refractivity contribution in [3.8, 4) is 0 Å². The zero-order valence-electron chi connectivity index (χ0n) is 11.2. The molecular formula is C15H23ClN2. The third kappa shape index (κ3) is 2.99. The van der Waals surface area contributed by atoms with Crippen LogP contribution in [0, 0.1) is 5.92 Å². The third-order valence-corrected chi connectivity index (χ3v) is 4.28. The third-order valence-electron chi connectivity index (χ3n) is 3.93. The molecule has 18 heavy (non-hydrogen) atoms. The van der Waals surface area contributed by atoms with E-state index >= 15 is 0 Å². The van der Waals surface area contributed by atoms with E-state index in [0.29, 0.717) is 6.54 Å². The molecule has 0 aromatic heterocycles. The minimum Gasteiger partial charge on any atom is -0.371 e. The molecule has 0 saturated carbocycles. The second-order valence-corrected chi connectivity index (χ2v) is 5.55. The molecule has 1 aromatic carbocycles. The number of anilines is 1. The second kappa shape index (κ2) is 6.44. The molecule has 1 aliphatic heterocycles. The van der Waals surface area contributed by atoms with Gasteiger partial charge in [-0.3, -0.25) is 0 Å². The molecule has 2 N–H and O–H groups in total. The molecule has 1 unspecified atom stereocenters. The molecule has 1 heterocycles. The highest BCUT2D eigenvalue weighted by Crippen LogP contribution is 2.31. The number of hydrogen-bond donors (Lipinski definition) is 1. The Labute approximate surface area is 115 Å². The van der Waals surface area contributed by atoms with Crippen LogP contribution in [0.4, 0.5) is 5.69 Å². The van der Waals surface area contributed by atoms with Crippen LogP contribution in [-0.4, -0.2) is 19.6 Å². The lowest BCUT2D eigenvalue weighted by atomic mass is 9.94. The summed E-state index contributed by atoms with van der Waals surface area (Å²) in [5.41, 5.74) is 8.22. The number of hydrogen-bond acceptors (Lipinski definition) is 2. The first kappa shape index (κ1) is 13.7. The van der Waals surface area contributed by atoms with Gasteiger partial charge in [-0.1, -0.05) is 31.0 Å². The Morgan fingerprint density at radius 1 is 1.44 bits per heavy atom. The van der Waals surface area contributed by atoms with Gasteiger partial charge in [0.15, 0.2) is 0 Å². The van der Waals surface area contributed by atoms with Crippen molar-refractivity contribution >= 4 is 17.3 Å². The van der Waals surface area contributed by atoms with Gasteiger partial charge >= 0.3 is 0 Å². The number of rotatable bonds is 4. The van der Waals surface area contributed by atoms with Crippen molar-refractivity contribution < 1.29 is 0 Å². The first-order valence-corrected chi connectivity index (χ1v) is 7.36. The van der Waals surface area contributed by atoms with E-state index in [9.17, 15) is 0 Å². The van der Waals surface area contributed by atoms with Crippen molar-refractivity contribution in [1.29, 1.82) is 0 Å². The fourth-order valence-electron chi connectivity index (χ4n) is 2.85. The smallest absolute Gasteiger partial charge is 0.0459 e. The van der Waals surface area contributed by atoms with Crippen LogP contribution < -0.4 is 10.6 Å². The summed E-state index contributed by atoms with van der Waals surface area (Å²) in [5, 5.41) is 0.858. The predicted octanol–water partition coefficient (Wildman–Crippen LogP) is 3.47. The van der Waals surface area contributed by atoms with Gasteiger partial charge in [0.2, 0.25) is 0 Å². The van der Waals surface area contributed by atoms with Crippen LogP contribution in [0.2, 0.25) is 5.02 Å². The number of halogens is 1. The molecule has 0 spiro atoms. The second-order valence-electron chi connectivity index (χ2n) is 5.14. The van der Waals surface area contributed by atoms with Gasteiger partial charge in [0, 0.05) is 23.8 Å². The van der Waals surface area contributed by atoms with Crippen molar-refractivity contribution in [2.24, 2.45) is 11.7 Å². The minimum absolute atomic E-state index is 0.655. The van der Waals surface area contributed by atoms with E-state index in [-0.39, 0.29) is 0 Å². The maximum atomic E-state index is 6.32. The van der Waals surface area contributed by atoms with Crippen molar-refractivity contribution in [2.45, 2.75) is 32.6 Å². The molecule has 1 aromatic rings. The van der Waals surface area contributed by atoms with Gasteiger partial charge in [0.05, 0.1) is 0 Å². The van der Waals surface area contributed by atoms with E-state index in [1.54, 1.807) is 0 Å². The van der Waals surface area contributed by atoms with Gasteiger partial charge in [-0.05, 0) is 49.4 Å². The van der Waals surface area contributed by atoms with E-state index in [2.05, 4.69) is 17.9 Å². The SMILES string of the molecule is CCC1CCCN(c2cccc(Cl)c2CCN)C1. The Balaban J connectivity index is 2.23. The normalized spacial score (nSPS) is 20.2. The first-order chi connectivity index (χ1) is 8.76. The Hall–Kier alpha value is -0.730. The summed E-state index contributed by atoms with van der Waals surface area (Å²) >= 11 is 6.32. The Morgan fingerprint density at radius 2 is 2.28 bits per heavy atom. The van der Waals surface area contributed by atoms with Crippen LogP contribution in [0.5, 0.6) is 0 Å². The average molecular weight is 267 g/mol. The van der Waals surface area contributed by atoms with Gasteiger partial charge in [0.1, 0.15) is 0 Å². The Kier molecular flexibility index (Phi) is 4.90. The highest BCUT2D eigenvalue weighted by atomic mass is 35.5. The van der Waals surface area contributed by atoms with Gasteiger partial charge in [-0.2, -0.15) is 0 Å². The first-order valence-electron chi connectivity index (χ1n) is 6.98. The molecule has 0 radical (unpaired) electrons. The van der Waals surface area contributed by atoms with Crippen LogP contribution >= 0.6 is 11.6 Å². The molecule has 1 atom stereocenters. The van der Waals surface area contributed by atoms with Crippen LogP contribution in [0.1, 0.15) is 31.7 Å². The quantitative estimate of drug-likeness (QED) is 0.904. The zero-order chi connectivity index (χ0) is 13.0. The molecule has 2 nitrogen and oxygen atoms in total. The fourth-order valence-corrected chi connectivity index (χ4v) is 3.12. The number of nitrogens with two attached hydrogens (primary N) is 1. The molecule has 0 amide bonds. The minimum atomic E-state index is 0.655. The standard InChI is InChI=1S/C15H23ClN2/c1-2-12-5-4-10-18(11-12)15-7-3-6-14(16)13(15)8-9-17/h3,6-7,12H,2,4-5,8-11,17H2,1H3. The fraction of sp³-hybridized carbons (Fsp3) is 0.600. The molecule has 100 valence electrons. The summed E-state index contributed by atoms with van der Waals surface area (Å²) in [6.45, 7) is 5.25. The van der Waals surface area contributed by atoms with Crippen LogP contribution in [0.15, 0.2) is 18.2 Å². The lowest BCUT2D eigenvalue weighted by Gasteiger charge is -2.35. The number of piperidine rings is 1. The van der Waals surface area contributed by atoms with Crippen LogP contribution in [0.25, 0.3) is 0 Å². The topological polar surface area (TPSA) is 29.3 Å². The summed E-state index contributed by atoms with van der Waals surface area (Å²) in [6, 6.07) is 6.21. The van der Waals surface area contributed by atoms with Crippen molar-refractivity contribution in [3.05, 3.63) is 28.8 Å². The lowest BCUT2D eigenvalue weighted by Crippen LogP contribution is -2.35. The van der Waals surface area contributed by atoms with Gasteiger partial charge < -0.3 is 10.6 Å². The summed E-state index contributed by atoms with van der Waals surface area (Å²) < 4.78 is 0. The summed E-state index contributed by atoms with van der Waals surface area (Å²) in [5.74, 6) is 0.823. The molecule has 0 aliphatic carbocycles. The van der Waals surface area contributed by atoms with E-state index in [1.165, 1.54) is 30.5 Å². The molecule has 3 heteroatoms. The maximum absolute atomic E-state index is 6.32. The molecule has 2 rings (SSSR count). The van der Waals surface area contributed by atoms with E-state index in [1.807, 2.05) is 12.1 Å². The van der Waals surface area contributed by atoms with E-state index < -0.39 is 0 Å². The molecule has 1 fully saturated rings. The van der Waals surface area contributed by atoms with Crippen molar-refractivity contribution in [1.82, 2.24) is 0 Å². The number of benzene rings is 1. The average Bonchev–Trinajstić information content (AvgIpc) is 2.41. The summed E-state index contributed by atoms with van der Waals surface area (Å²) in [6.07, 6.45) is 4.78. The summed E-state index contributed by atoms with van der Waals surface area (Å²) in [7, 11) is 0. The van der Waals surface area contributed by atoms with E-state index in [4.69, 9.17) is 17.3 Å². The largest absolute Gasteiger partial charge is 0.371 e. The van der Waals surface area contributed by atoms with Gasteiger partial charge in [-0.25, -0.2) is 0 Å². The van der Waals surface area contributed by atoms with Crippen molar-refractivity contribution in [2.75, 3.05) is 24.5 Å². The molecular weight excluding hydrogens is 244 g/mol. The maximum Gasteiger partial charge on any atom is 0.0459 e. The Bertz CT molecular complexity index is 392. The monoisotopic (exact) mass is 266 g/mol. The zero-order valence-corrected chi connectivity index (χ0v) is 11.9. The highest BCUT2D eigenvalue weighted by Gasteiger charge is 2.21. The number of nitrogens with zero attached hydrogens (tertiary/aromatic N) is 1. The van der Waals surface area contributed by atoms with Crippen LogP contribution in [0.3, 0.4) is 0 Å². The van der Waals surface area contributed by atoms with Crippen LogP contribution in [-0.2, 0) is 6.42 Å². The molecule has 1 aliphatic rings. The summed E-state index contributed by atoms with van der Waals surface area (Å²) in [4.78, 5) is 2.49. The predicted molar refractivity (Wildman–Crippen MR) is 79.4 cm³/mol. The Morgan fingerprint density at radius 3 is 3.00 bits per heavy atom.